The number of nitrogens with zero attached hydrogens (tertiary/aromatic N) is 1. The number of benzene rings is 2. The number of ether oxygens (including phenoxy) is 2. The van der Waals surface area contributed by atoms with Crippen LogP contribution < -0.4 is 14.8 Å². The van der Waals surface area contributed by atoms with E-state index in [4.69, 9.17) is 21.1 Å². The second-order valence-corrected chi connectivity index (χ2v) is 7.12. The lowest BCUT2D eigenvalue weighted by Gasteiger charge is -2.31. The molecule has 6 heteroatoms. The number of anilines is 1. The van der Waals surface area contributed by atoms with Crippen molar-refractivity contribution in [3.05, 3.63) is 53.1 Å². The van der Waals surface area contributed by atoms with Crippen LogP contribution in [0.1, 0.15) is 31.4 Å². The third-order valence-corrected chi connectivity index (χ3v) is 5.30. The fraction of sp³-hybridized carbons (Fsp3) is 0.381. The van der Waals surface area contributed by atoms with Gasteiger partial charge in [-0.15, -0.1) is 0 Å². The molecule has 0 spiro atoms. The largest absolute Gasteiger partial charge is 0.497 e. The van der Waals surface area contributed by atoms with Gasteiger partial charge in [-0.2, -0.15) is 0 Å². The second-order valence-electron chi connectivity index (χ2n) is 6.68. The molecule has 0 aliphatic carbocycles. The lowest BCUT2D eigenvalue weighted by atomic mass is 10.0. The molecule has 1 fully saturated rings. The van der Waals surface area contributed by atoms with Crippen LogP contribution in [0.25, 0.3) is 0 Å². The first kappa shape index (κ1) is 19.5. The fourth-order valence-electron chi connectivity index (χ4n) is 3.64. The van der Waals surface area contributed by atoms with Gasteiger partial charge < -0.3 is 14.8 Å². The molecule has 0 saturated carbocycles. The van der Waals surface area contributed by atoms with Crippen LogP contribution in [0.3, 0.4) is 0 Å². The van der Waals surface area contributed by atoms with Crippen molar-refractivity contribution in [3.8, 4) is 11.5 Å². The van der Waals surface area contributed by atoms with Gasteiger partial charge in [0.1, 0.15) is 11.5 Å². The molecule has 1 amide bonds. The Morgan fingerprint density at radius 3 is 2.74 bits per heavy atom. The van der Waals surface area contributed by atoms with E-state index in [0.717, 1.165) is 36.4 Å². The predicted octanol–water partition coefficient (Wildman–Crippen LogP) is 4.52. The Hall–Kier alpha value is -2.24. The summed E-state index contributed by atoms with van der Waals surface area (Å²) in [6.07, 6.45) is 2.02. The zero-order valence-electron chi connectivity index (χ0n) is 15.9. The van der Waals surface area contributed by atoms with Crippen LogP contribution >= 0.6 is 11.6 Å². The molecule has 144 valence electrons. The van der Waals surface area contributed by atoms with Crippen LogP contribution in [0.5, 0.6) is 11.5 Å². The van der Waals surface area contributed by atoms with Gasteiger partial charge in [-0.25, -0.2) is 0 Å². The van der Waals surface area contributed by atoms with Gasteiger partial charge in [0, 0.05) is 28.4 Å². The molecule has 2 aromatic carbocycles. The van der Waals surface area contributed by atoms with Gasteiger partial charge in [-0.1, -0.05) is 23.7 Å². The molecule has 1 saturated heterocycles. The van der Waals surface area contributed by atoms with E-state index in [1.807, 2.05) is 37.3 Å². The summed E-state index contributed by atoms with van der Waals surface area (Å²) in [6.45, 7) is 2.80. The smallest absolute Gasteiger partial charge is 0.241 e. The molecule has 0 aromatic heterocycles. The Labute approximate surface area is 165 Å². The van der Waals surface area contributed by atoms with Crippen LogP contribution in [0.4, 0.5) is 5.69 Å². The number of halogens is 1. The third-order valence-electron chi connectivity index (χ3n) is 5.06. The zero-order valence-corrected chi connectivity index (χ0v) is 16.6. The highest BCUT2D eigenvalue weighted by Crippen LogP contribution is 2.39. The molecular formula is C21H25ClN2O3. The van der Waals surface area contributed by atoms with Crippen molar-refractivity contribution in [3.63, 3.8) is 0 Å². The van der Waals surface area contributed by atoms with Gasteiger partial charge >= 0.3 is 0 Å². The molecule has 1 heterocycles. The highest BCUT2D eigenvalue weighted by molar-refractivity contribution is 6.30. The molecule has 2 atom stereocenters. The van der Waals surface area contributed by atoms with Crippen molar-refractivity contribution in [2.45, 2.75) is 31.8 Å². The lowest BCUT2D eigenvalue weighted by Crippen LogP contribution is -2.41. The van der Waals surface area contributed by atoms with Crippen molar-refractivity contribution >= 4 is 23.2 Å². The predicted molar refractivity (Wildman–Crippen MR) is 108 cm³/mol. The van der Waals surface area contributed by atoms with E-state index in [9.17, 15) is 4.79 Å². The van der Waals surface area contributed by atoms with Crippen LogP contribution in [0.2, 0.25) is 5.02 Å². The molecular weight excluding hydrogens is 364 g/mol. The van der Waals surface area contributed by atoms with Crippen LogP contribution in [0.15, 0.2) is 42.5 Å². The first-order chi connectivity index (χ1) is 13.0. The van der Waals surface area contributed by atoms with Gasteiger partial charge in [0.15, 0.2) is 0 Å². The summed E-state index contributed by atoms with van der Waals surface area (Å²) in [6, 6.07) is 12.9. The number of nitrogens with one attached hydrogen (secondary N) is 1. The molecule has 1 aliphatic rings. The maximum atomic E-state index is 12.8. The fourth-order valence-corrected chi connectivity index (χ4v) is 3.83. The standard InChI is InChI=1S/C21H25ClN2O3/c1-14(21(25)23-16-7-4-6-15(22)12-16)24-11-5-8-19(24)18-10-9-17(26-2)13-20(18)27-3/h4,6-7,9-10,12-14,19H,5,8,11H2,1-3H3,(H,23,25)/t14-,19+/m0/s1. The summed E-state index contributed by atoms with van der Waals surface area (Å²) in [7, 11) is 3.30. The number of likely N-dealkylation sites (tertiary alicyclic amines) is 1. The zero-order chi connectivity index (χ0) is 19.4. The van der Waals surface area contributed by atoms with Crippen molar-refractivity contribution in [1.29, 1.82) is 0 Å². The molecule has 0 radical (unpaired) electrons. The van der Waals surface area contributed by atoms with E-state index < -0.39 is 0 Å². The maximum absolute atomic E-state index is 12.8. The molecule has 0 bridgehead atoms. The minimum Gasteiger partial charge on any atom is -0.497 e. The second kappa shape index (κ2) is 8.63. The van der Waals surface area contributed by atoms with Crippen LogP contribution in [0, 0.1) is 0 Å². The van der Waals surface area contributed by atoms with E-state index in [0.29, 0.717) is 10.7 Å². The Kier molecular flexibility index (Phi) is 6.24. The van der Waals surface area contributed by atoms with Gasteiger partial charge in [0.05, 0.1) is 20.3 Å². The van der Waals surface area contributed by atoms with Gasteiger partial charge in [-0.3, -0.25) is 9.69 Å². The monoisotopic (exact) mass is 388 g/mol. The summed E-state index contributed by atoms with van der Waals surface area (Å²) >= 11 is 6.01. The molecule has 0 unspecified atom stereocenters. The quantitative estimate of drug-likeness (QED) is 0.790. The van der Waals surface area contributed by atoms with Crippen molar-refractivity contribution in [2.75, 3.05) is 26.1 Å². The van der Waals surface area contributed by atoms with E-state index >= 15 is 0 Å². The molecule has 1 N–H and O–H groups in total. The number of carbonyl (C=O) groups is 1. The first-order valence-corrected chi connectivity index (χ1v) is 9.45. The summed E-state index contributed by atoms with van der Waals surface area (Å²) in [5.74, 6) is 1.50. The normalized spacial score (nSPS) is 18.1. The van der Waals surface area contributed by atoms with E-state index in [2.05, 4.69) is 10.2 Å². The van der Waals surface area contributed by atoms with Crippen LogP contribution in [-0.2, 0) is 4.79 Å². The number of hydrogen-bond donors (Lipinski definition) is 1. The van der Waals surface area contributed by atoms with Gasteiger partial charge in [0.25, 0.3) is 0 Å². The Balaban J connectivity index is 1.78. The minimum absolute atomic E-state index is 0.0448. The number of amides is 1. The van der Waals surface area contributed by atoms with E-state index in [1.165, 1.54) is 0 Å². The van der Waals surface area contributed by atoms with E-state index in [-0.39, 0.29) is 18.0 Å². The highest BCUT2D eigenvalue weighted by Gasteiger charge is 2.34. The SMILES string of the molecule is COc1ccc([C@H]2CCCN2[C@@H](C)C(=O)Nc2cccc(Cl)c2)c(OC)c1. The highest BCUT2D eigenvalue weighted by atomic mass is 35.5. The summed E-state index contributed by atoms with van der Waals surface area (Å²) in [5.41, 5.74) is 1.79. The van der Waals surface area contributed by atoms with Crippen LogP contribution in [-0.4, -0.2) is 37.6 Å². The van der Waals surface area contributed by atoms with Crippen molar-refractivity contribution in [1.82, 2.24) is 4.90 Å². The number of methoxy groups -OCH3 is 2. The molecule has 3 rings (SSSR count). The molecule has 1 aliphatic heterocycles. The first-order valence-electron chi connectivity index (χ1n) is 9.07. The minimum atomic E-state index is -0.275. The van der Waals surface area contributed by atoms with E-state index in [1.54, 1.807) is 26.4 Å². The number of rotatable bonds is 6. The molecule has 27 heavy (non-hydrogen) atoms. The topological polar surface area (TPSA) is 50.8 Å². The van der Waals surface area contributed by atoms with Gasteiger partial charge in [0.2, 0.25) is 5.91 Å². The average molecular weight is 389 g/mol. The number of hydrogen-bond acceptors (Lipinski definition) is 4. The molecule has 2 aromatic rings. The lowest BCUT2D eigenvalue weighted by molar-refractivity contribution is -0.121. The van der Waals surface area contributed by atoms with Gasteiger partial charge in [-0.05, 0) is 50.6 Å². The summed E-state index contributed by atoms with van der Waals surface area (Å²) in [4.78, 5) is 15.0. The van der Waals surface area contributed by atoms with Crippen molar-refractivity contribution in [2.24, 2.45) is 0 Å². The average Bonchev–Trinajstić information content (AvgIpc) is 3.16. The maximum Gasteiger partial charge on any atom is 0.241 e. The summed E-state index contributed by atoms with van der Waals surface area (Å²) in [5, 5.41) is 3.56. The summed E-state index contributed by atoms with van der Waals surface area (Å²) < 4.78 is 10.9. The Morgan fingerprint density at radius 2 is 2.04 bits per heavy atom. The Morgan fingerprint density at radius 1 is 1.22 bits per heavy atom. The Bertz CT molecular complexity index is 812. The third kappa shape index (κ3) is 4.37. The number of carbonyl (C=O) groups excluding carboxylic acids is 1. The molecule has 5 nitrogen and oxygen atoms in total. The van der Waals surface area contributed by atoms with Crippen molar-refractivity contribution < 1.29 is 14.3 Å².